The standard InChI is InChI=1S/C11H14F4N2O3S/c12-9-2-1-3-10(8(9)6-16)21(19,20)17(4-5-18)7-11(13,14)15/h1-3,18H,4-7,16H2. The molecule has 3 N–H and O–H groups in total. The minimum Gasteiger partial charge on any atom is -0.395 e. The quantitative estimate of drug-likeness (QED) is 0.757. The van der Waals surface area contributed by atoms with Crippen LogP contribution in [0.5, 0.6) is 0 Å². The first-order valence-corrected chi connectivity index (χ1v) is 7.22. The van der Waals surface area contributed by atoms with Crippen LogP contribution in [0.1, 0.15) is 5.56 Å². The molecule has 0 amide bonds. The molecule has 1 aromatic carbocycles. The van der Waals surface area contributed by atoms with Crippen molar-refractivity contribution in [2.45, 2.75) is 17.6 Å². The van der Waals surface area contributed by atoms with Crippen LogP contribution in [0.4, 0.5) is 17.6 Å². The normalized spacial score (nSPS) is 12.9. The van der Waals surface area contributed by atoms with E-state index < -0.39 is 58.7 Å². The van der Waals surface area contributed by atoms with Crippen LogP contribution in [-0.2, 0) is 16.6 Å². The Bertz CT molecular complexity index is 590. The predicted octanol–water partition coefficient (Wildman–Crippen LogP) is 0.830. The fourth-order valence-corrected chi connectivity index (χ4v) is 3.37. The number of hydrogen-bond acceptors (Lipinski definition) is 4. The third-order valence-electron chi connectivity index (χ3n) is 2.60. The summed E-state index contributed by atoms with van der Waals surface area (Å²) in [4.78, 5) is -0.636. The molecule has 5 nitrogen and oxygen atoms in total. The molecule has 1 aromatic rings. The number of aliphatic hydroxyl groups is 1. The molecule has 120 valence electrons. The van der Waals surface area contributed by atoms with Crippen molar-refractivity contribution in [1.29, 1.82) is 0 Å². The SMILES string of the molecule is NCc1c(F)cccc1S(=O)(=O)N(CCO)CC(F)(F)F. The molecule has 0 heterocycles. The van der Waals surface area contributed by atoms with E-state index in [4.69, 9.17) is 10.8 Å². The maximum absolute atomic E-state index is 13.5. The summed E-state index contributed by atoms with van der Waals surface area (Å²) in [6, 6.07) is 2.99. The molecule has 0 aliphatic carbocycles. The van der Waals surface area contributed by atoms with Crippen LogP contribution in [0.3, 0.4) is 0 Å². The highest BCUT2D eigenvalue weighted by atomic mass is 32.2. The number of alkyl halides is 3. The van der Waals surface area contributed by atoms with Crippen LogP contribution in [0, 0.1) is 5.82 Å². The van der Waals surface area contributed by atoms with E-state index >= 15 is 0 Å². The molecule has 0 spiro atoms. The number of sulfonamides is 1. The summed E-state index contributed by atoms with van der Waals surface area (Å²) in [5, 5.41) is 8.75. The van der Waals surface area contributed by atoms with Gasteiger partial charge in [0.2, 0.25) is 10.0 Å². The summed E-state index contributed by atoms with van der Waals surface area (Å²) >= 11 is 0. The number of rotatable bonds is 6. The second-order valence-electron chi connectivity index (χ2n) is 4.10. The molecular weight excluding hydrogens is 316 g/mol. The van der Waals surface area contributed by atoms with Crippen molar-refractivity contribution >= 4 is 10.0 Å². The summed E-state index contributed by atoms with van der Waals surface area (Å²) in [6.07, 6.45) is -4.79. The Morgan fingerprint density at radius 1 is 1.29 bits per heavy atom. The first kappa shape index (κ1) is 17.8. The lowest BCUT2D eigenvalue weighted by Gasteiger charge is -2.23. The van der Waals surface area contributed by atoms with E-state index in [1.54, 1.807) is 0 Å². The fourth-order valence-electron chi connectivity index (χ4n) is 1.71. The van der Waals surface area contributed by atoms with Gasteiger partial charge in [-0.1, -0.05) is 6.07 Å². The number of nitrogens with zero attached hydrogens (tertiary/aromatic N) is 1. The molecule has 0 aromatic heterocycles. The lowest BCUT2D eigenvalue weighted by atomic mass is 10.2. The van der Waals surface area contributed by atoms with Gasteiger partial charge in [0.15, 0.2) is 0 Å². The Balaban J connectivity index is 3.33. The zero-order chi connectivity index (χ0) is 16.3. The van der Waals surface area contributed by atoms with Gasteiger partial charge in [-0.25, -0.2) is 12.8 Å². The molecule has 0 saturated heterocycles. The highest BCUT2D eigenvalue weighted by Crippen LogP contribution is 2.25. The lowest BCUT2D eigenvalue weighted by molar-refractivity contribution is -0.136. The van der Waals surface area contributed by atoms with Gasteiger partial charge >= 0.3 is 6.18 Å². The van der Waals surface area contributed by atoms with Crippen molar-refractivity contribution in [1.82, 2.24) is 4.31 Å². The number of aliphatic hydroxyl groups excluding tert-OH is 1. The Morgan fingerprint density at radius 3 is 2.38 bits per heavy atom. The molecule has 10 heteroatoms. The maximum atomic E-state index is 13.5. The highest BCUT2D eigenvalue weighted by molar-refractivity contribution is 7.89. The van der Waals surface area contributed by atoms with Crippen LogP contribution in [-0.4, -0.2) is 43.7 Å². The van der Waals surface area contributed by atoms with Crippen LogP contribution >= 0.6 is 0 Å². The van der Waals surface area contributed by atoms with Crippen LogP contribution in [0.15, 0.2) is 23.1 Å². The average Bonchev–Trinajstić information content (AvgIpc) is 2.36. The molecule has 0 bridgehead atoms. The Kier molecular flexibility index (Phi) is 5.68. The zero-order valence-electron chi connectivity index (χ0n) is 10.8. The van der Waals surface area contributed by atoms with E-state index in [2.05, 4.69) is 0 Å². The van der Waals surface area contributed by atoms with Gasteiger partial charge in [-0.05, 0) is 12.1 Å². The molecule has 0 saturated carbocycles. The first-order valence-electron chi connectivity index (χ1n) is 5.78. The van der Waals surface area contributed by atoms with E-state index in [0.29, 0.717) is 0 Å². The smallest absolute Gasteiger partial charge is 0.395 e. The summed E-state index contributed by atoms with van der Waals surface area (Å²) in [5.74, 6) is -0.922. The monoisotopic (exact) mass is 330 g/mol. The zero-order valence-corrected chi connectivity index (χ0v) is 11.6. The molecule has 0 aliphatic heterocycles. The van der Waals surface area contributed by atoms with Crippen LogP contribution < -0.4 is 5.73 Å². The van der Waals surface area contributed by atoms with Gasteiger partial charge in [0, 0.05) is 18.7 Å². The van der Waals surface area contributed by atoms with Crippen molar-refractivity contribution in [3.8, 4) is 0 Å². The summed E-state index contributed by atoms with van der Waals surface area (Å²) in [6.45, 7) is -3.83. The van der Waals surface area contributed by atoms with Crippen LogP contribution in [0.25, 0.3) is 0 Å². The topological polar surface area (TPSA) is 83.6 Å². The van der Waals surface area contributed by atoms with Crippen molar-refractivity contribution in [2.75, 3.05) is 19.7 Å². The second-order valence-corrected chi connectivity index (χ2v) is 6.00. The van der Waals surface area contributed by atoms with E-state index in [0.717, 1.165) is 18.2 Å². The third kappa shape index (κ3) is 4.37. The summed E-state index contributed by atoms with van der Waals surface area (Å²) in [7, 11) is -4.63. The van der Waals surface area contributed by atoms with Crippen LogP contribution in [0.2, 0.25) is 0 Å². The van der Waals surface area contributed by atoms with Gasteiger partial charge in [-0.15, -0.1) is 0 Å². The van der Waals surface area contributed by atoms with Crippen molar-refractivity contribution in [2.24, 2.45) is 5.73 Å². The average molecular weight is 330 g/mol. The van der Waals surface area contributed by atoms with E-state index in [1.165, 1.54) is 0 Å². The minimum absolute atomic E-state index is 0.0426. The summed E-state index contributed by atoms with van der Waals surface area (Å²) < 4.78 is 75.4. The Labute approximate surface area is 119 Å². The Hall–Kier alpha value is -1.23. The number of nitrogens with two attached hydrogens (primary N) is 1. The molecule has 0 aliphatic rings. The van der Waals surface area contributed by atoms with E-state index in [9.17, 15) is 26.0 Å². The molecule has 21 heavy (non-hydrogen) atoms. The highest BCUT2D eigenvalue weighted by Gasteiger charge is 2.37. The largest absolute Gasteiger partial charge is 0.402 e. The van der Waals surface area contributed by atoms with Crippen molar-refractivity contribution in [3.63, 3.8) is 0 Å². The molecular formula is C11H14F4N2O3S. The number of hydrogen-bond donors (Lipinski definition) is 2. The fraction of sp³-hybridized carbons (Fsp3) is 0.455. The minimum atomic E-state index is -4.79. The molecule has 1 rings (SSSR count). The van der Waals surface area contributed by atoms with Gasteiger partial charge in [0.25, 0.3) is 0 Å². The van der Waals surface area contributed by atoms with Crippen molar-refractivity contribution in [3.05, 3.63) is 29.6 Å². The van der Waals surface area contributed by atoms with Gasteiger partial charge in [-0.3, -0.25) is 0 Å². The van der Waals surface area contributed by atoms with E-state index in [1.807, 2.05) is 0 Å². The summed E-state index contributed by atoms with van der Waals surface area (Å²) in [5.41, 5.74) is 4.85. The number of halogens is 4. The molecule has 0 radical (unpaired) electrons. The molecule has 0 fully saturated rings. The van der Waals surface area contributed by atoms with Gasteiger partial charge in [0.1, 0.15) is 12.4 Å². The molecule has 0 unspecified atom stereocenters. The molecule has 0 atom stereocenters. The third-order valence-corrected chi connectivity index (χ3v) is 4.53. The second kappa shape index (κ2) is 6.69. The van der Waals surface area contributed by atoms with Gasteiger partial charge in [0.05, 0.1) is 11.5 Å². The Morgan fingerprint density at radius 2 is 1.90 bits per heavy atom. The maximum Gasteiger partial charge on any atom is 0.402 e. The van der Waals surface area contributed by atoms with Gasteiger partial charge < -0.3 is 10.8 Å². The van der Waals surface area contributed by atoms with Gasteiger partial charge in [-0.2, -0.15) is 17.5 Å². The van der Waals surface area contributed by atoms with Crippen molar-refractivity contribution < 1.29 is 31.1 Å². The predicted molar refractivity (Wildman–Crippen MR) is 66.2 cm³/mol. The lowest BCUT2D eigenvalue weighted by Crippen LogP contribution is -2.41. The first-order chi connectivity index (χ1) is 9.63. The van der Waals surface area contributed by atoms with E-state index in [-0.39, 0.29) is 4.31 Å². The number of benzene rings is 1.